The van der Waals surface area contributed by atoms with Gasteiger partial charge in [0.2, 0.25) is 5.91 Å². The van der Waals surface area contributed by atoms with Crippen molar-refractivity contribution in [2.75, 3.05) is 13.1 Å². The lowest BCUT2D eigenvalue weighted by Crippen LogP contribution is -2.51. The van der Waals surface area contributed by atoms with E-state index in [4.69, 9.17) is 5.11 Å². The molecule has 0 spiro atoms. The molecule has 0 aliphatic rings. The van der Waals surface area contributed by atoms with E-state index in [1.807, 2.05) is 6.92 Å². The summed E-state index contributed by atoms with van der Waals surface area (Å²) in [6.07, 6.45) is 0.308. The van der Waals surface area contributed by atoms with E-state index >= 15 is 0 Å². The fourth-order valence-electron chi connectivity index (χ4n) is 1.37. The first-order chi connectivity index (χ1) is 9.18. The van der Waals surface area contributed by atoms with E-state index in [1.165, 1.54) is 13.8 Å². The van der Waals surface area contributed by atoms with Gasteiger partial charge in [0.1, 0.15) is 6.04 Å². The van der Waals surface area contributed by atoms with E-state index in [0.717, 1.165) is 6.42 Å². The Labute approximate surface area is 117 Å². The number of hydrogen-bond donors (Lipinski definition) is 5. The van der Waals surface area contributed by atoms with E-state index in [9.17, 15) is 19.5 Å². The monoisotopic (exact) mass is 289 g/mol. The van der Waals surface area contributed by atoms with Gasteiger partial charge in [0.25, 0.3) is 0 Å². The summed E-state index contributed by atoms with van der Waals surface area (Å²) in [5.41, 5.74) is -1.54. The average Bonchev–Trinajstić information content (AvgIpc) is 2.32. The van der Waals surface area contributed by atoms with Crippen molar-refractivity contribution in [2.45, 2.75) is 45.3 Å². The third-order valence-corrected chi connectivity index (χ3v) is 2.45. The first-order valence-electron chi connectivity index (χ1n) is 6.44. The molecular weight excluding hydrogens is 266 g/mol. The largest absolute Gasteiger partial charge is 0.481 e. The molecule has 0 saturated carbocycles. The molecular formula is C12H23N3O5. The molecule has 0 aromatic rings. The van der Waals surface area contributed by atoms with E-state index in [-0.39, 0.29) is 12.5 Å². The predicted molar refractivity (Wildman–Crippen MR) is 72.2 cm³/mol. The van der Waals surface area contributed by atoms with E-state index < -0.39 is 30.1 Å². The molecule has 0 fully saturated rings. The number of aliphatic carboxylic acids is 1. The zero-order valence-corrected chi connectivity index (χ0v) is 12.0. The van der Waals surface area contributed by atoms with Gasteiger partial charge >= 0.3 is 12.0 Å². The van der Waals surface area contributed by atoms with Gasteiger partial charge in [0, 0.05) is 13.1 Å². The van der Waals surface area contributed by atoms with Crippen LogP contribution in [0.5, 0.6) is 0 Å². The molecule has 116 valence electrons. The van der Waals surface area contributed by atoms with Gasteiger partial charge in [-0.2, -0.15) is 0 Å². The number of carboxylic acid groups (broad SMARTS) is 1. The predicted octanol–water partition coefficient (Wildman–Crippen LogP) is -0.574. The van der Waals surface area contributed by atoms with E-state index in [1.54, 1.807) is 0 Å². The third kappa shape index (κ3) is 8.30. The second-order valence-electron chi connectivity index (χ2n) is 4.91. The maximum absolute atomic E-state index is 11.5. The number of urea groups is 1. The Kier molecular flexibility index (Phi) is 7.60. The van der Waals surface area contributed by atoms with Crippen LogP contribution >= 0.6 is 0 Å². The topological polar surface area (TPSA) is 128 Å². The molecule has 0 aromatic carbocycles. The highest BCUT2D eigenvalue weighted by molar-refractivity contribution is 5.86. The highest BCUT2D eigenvalue weighted by Crippen LogP contribution is 2.07. The molecule has 0 heterocycles. The van der Waals surface area contributed by atoms with Crippen molar-refractivity contribution >= 4 is 17.9 Å². The summed E-state index contributed by atoms with van der Waals surface area (Å²) in [6, 6.07) is -1.36. The molecule has 0 bridgehead atoms. The summed E-state index contributed by atoms with van der Waals surface area (Å²) in [6.45, 7) is 5.04. The molecule has 0 saturated heterocycles. The first-order valence-corrected chi connectivity index (χ1v) is 6.44. The fourth-order valence-corrected chi connectivity index (χ4v) is 1.37. The minimum absolute atomic E-state index is 0.228. The van der Waals surface area contributed by atoms with Gasteiger partial charge in [-0.3, -0.25) is 9.59 Å². The molecule has 20 heavy (non-hydrogen) atoms. The Bertz CT molecular complexity index is 357. The van der Waals surface area contributed by atoms with Crippen molar-refractivity contribution in [3.8, 4) is 0 Å². The van der Waals surface area contributed by atoms with Gasteiger partial charge in [0.15, 0.2) is 0 Å². The van der Waals surface area contributed by atoms with Crippen molar-refractivity contribution in [1.29, 1.82) is 0 Å². The van der Waals surface area contributed by atoms with Gasteiger partial charge in [-0.15, -0.1) is 0 Å². The Morgan fingerprint density at radius 3 is 2.35 bits per heavy atom. The van der Waals surface area contributed by atoms with Crippen LogP contribution in [0.2, 0.25) is 0 Å². The van der Waals surface area contributed by atoms with Crippen molar-refractivity contribution in [2.24, 2.45) is 0 Å². The van der Waals surface area contributed by atoms with Crippen LogP contribution in [-0.4, -0.2) is 52.9 Å². The molecule has 0 rings (SSSR count). The molecule has 2 unspecified atom stereocenters. The SMILES string of the molecule is CCCNC(=O)C(C)NC(=O)NCC(C)(O)CC(=O)O. The molecule has 3 amide bonds. The standard InChI is InChI=1S/C12H23N3O5/c1-4-5-13-10(18)8(2)15-11(19)14-7-12(3,20)6-9(16)17/h8,20H,4-7H2,1-3H3,(H,13,18)(H,16,17)(H2,14,15,19). The number of nitrogens with one attached hydrogen (secondary N) is 3. The van der Waals surface area contributed by atoms with Gasteiger partial charge in [-0.1, -0.05) is 6.92 Å². The van der Waals surface area contributed by atoms with Crippen LogP contribution in [0.3, 0.4) is 0 Å². The Balaban J connectivity index is 4.10. The van der Waals surface area contributed by atoms with Gasteiger partial charge in [-0.05, 0) is 20.3 Å². The minimum Gasteiger partial charge on any atom is -0.481 e. The Hall–Kier alpha value is -1.83. The summed E-state index contributed by atoms with van der Waals surface area (Å²) in [7, 11) is 0. The summed E-state index contributed by atoms with van der Waals surface area (Å²) in [5.74, 6) is -1.47. The number of carbonyl (C=O) groups excluding carboxylic acids is 2. The van der Waals surface area contributed by atoms with E-state index in [0.29, 0.717) is 6.54 Å². The summed E-state index contributed by atoms with van der Waals surface area (Å²) in [5, 5.41) is 25.6. The number of carbonyl (C=O) groups is 3. The van der Waals surface area contributed by atoms with Gasteiger partial charge < -0.3 is 26.2 Å². The van der Waals surface area contributed by atoms with Crippen LogP contribution in [-0.2, 0) is 9.59 Å². The summed E-state index contributed by atoms with van der Waals surface area (Å²) < 4.78 is 0. The average molecular weight is 289 g/mol. The van der Waals surface area contributed by atoms with Crippen LogP contribution in [0, 0.1) is 0 Å². The number of amides is 3. The fraction of sp³-hybridized carbons (Fsp3) is 0.750. The minimum atomic E-state index is -1.54. The third-order valence-electron chi connectivity index (χ3n) is 2.45. The van der Waals surface area contributed by atoms with Crippen molar-refractivity contribution in [3.63, 3.8) is 0 Å². The van der Waals surface area contributed by atoms with E-state index in [2.05, 4.69) is 16.0 Å². The molecule has 0 aliphatic carbocycles. The second kappa shape index (κ2) is 8.36. The molecule has 0 aliphatic heterocycles. The number of rotatable bonds is 8. The highest BCUT2D eigenvalue weighted by Gasteiger charge is 2.25. The first kappa shape index (κ1) is 18.2. The number of aliphatic hydroxyl groups is 1. The Morgan fingerprint density at radius 1 is 1.25 bits per heavy atom. The van der Waals surface area contributed by atoms with Crippen LogP contribution in [0.1, 0.15) is 33.6 Å². The maximum Gasteiger partial charge on any atom is 0.315 e. The van der Waals surface area contributed by atoms with Gasteiger partial charge in [0.05, 0.1) is 12.0 Å². The van der Waals surface area contributed by atoms with Crippen molar-refractivity contribution in [1.82, 2.24) is 16.0 Å². The van der Waals surface area contributed by atoms with Crippen LogP contribution in [0.25, 0.3) is 0 Å². The van der Waals surface area contributed by atoms with Crippen LogP contribution < -0.4 is 16.0 Å². The highest BCUT2D eigenvalue weighted by atomic mass is 16.4. The Morgan fingerprint density at radius 2 is 1.85 bits per heavy atom. The second-order valence-corrected chi connectivity index (χ2v) is 4.91. The molecule has 0 radical (unpaired) electrons. The molecule has 0 aromatic heterocycles. The number of carboxylic acids is 1. The zero-order valence-electron chi connectivity index (χ0n) is 12.0. The summed E-state index contributed by atoms with van der Waals surface area (Å²) in [4.78, 5) is 33.5. The molecule has 5 N–H and O–H groups in total. The molecule has 8 nitrogen and oxygen atoms in total. The maximum atomic E-state index is 11.5. The normalized spacial score (nSPS) is 14.8. The van der Waals surface area contributed by atoms with Crippen LogP contribution in [0.15, 0.2) is 0 Å². The lowest BCUT2D eigenvalue weighted by atomic mass is 10.0. The summed E-state index contributed by atoms with van der Waals surface area (Å²) >= 11 is 0. The van der Waals surface area contributed by atoms with Crippen molar-refractivity contribution < 1.29 is 24.6 Å². The van der Waals surface area contributed by atoms with Gasteiger partial charge in [-0.25, -0.2) is 4.79 Å². The quantitative estimate of drug-likeness (QED) is 0.409. The smallest absolute Gasteiger partial charge is 0.315 e. The lowest BCUT2D eigenvalue weighted by Gasteiger charge is -2.22. The lowest BCUT2D eigenvalue weighted by molar-refractivity contribution is -0.141. The van der Waals surface area contributed by atoms with Crippen molar-refractivity contribution in [3.05, 3.63) is 0 Å². The van der Waals surface area contributed by atoms with Crippen LogP contribution in [0.4, 0.5) is 4.79 Å². The molecule has 2 atom stereocenters. The zero-order chi connectivity index (χ0) is 15.8. The molecule has 8 heteroatoms. The number of hydrogen-bond acceptors (Lipinski definition) is 4.